The first-order valence-corrected chi connectivity index (χ1v) is 7.56. The van der Waals surface area contributed by atoms with Gasteiger partial charge in [-0.15, -0.1) is 12.6 Å². The number of hydrogen-bond donors (Lipinski definition) is 1. The van der Waals surface area contributed by atoms with E-state index in [0.29, 0.717) is 5.41 Å². The Labute approximate surface area is 115 Å². The highest BCUT2D eigenvalue weighted by Crippen LogP contribution is 2.54. The summed E-state index contributed by atoms with van der Waals surface area (Å²) in [6.45, 7) is 2.98. The highest BCUT2D eigenvalue weighted by Gasteiger charge is 2.49. The van der Waals surface area contributed by atoms with E-state index in [2.05, 4.69) is 43.8 Å². The molecule has 3 saturated carbocycles. The first kappa shape index (κ1) is 12.6. The zero-order valence-electron chi connectivity index (χ0n) is 11.1. The number of benzene rings is 1. The molecule has 0 unspecified atom stereocenters. The topological polar surface area (TPSA) is 9.23 Å². The van der Waals surface area contributed by atoms with Gasteiger partial charge in [-0.05, 0) is 68.6 Å². The fourth-order valence-electron chi connectivity index (χ4n) is 3.92. The van der Waals surface area contributed by atoms with Gasteiger partial charge in [0.05, 0.1) is 5.60 Å². The first-order valence-electron chi connectivity index (χ1n) is 7.12. The molecule has 0 aliphatic heterocycles. The summed E-state index contributed by atoms with van der Waals surface area (Å²) >= 11 is 4.38. The predicted molar refractivity (Wildman–Crippen MR) is 77.4 cm³/mol. The first-order chi connectivity index (χ1) is 8.68. The Balaban J connectivity index is 1.82. The minimum atomic E-state index is 0.222. The molecule has 0 heterocycles. The van der Waals surface area contributed by atoms with Crippen LogP contribution in [0.3, 0.4) is 0 Å². The van der Waals surface area contributed by atoms with Crippen molar-refractivity contribution in [3.05, 3.63) is 29.8 Å². The highest BCUT2D eigenvalue weighted by molar-refractivity contribution is 7.80. The molecule has 2 bridgehead atoms. The van der Waals surface area contributed by atoms with Gasteiger partial charge in [0, 0.05) is 11.5 Å². The van der Waals surface area contributed by atoms with Crippen LogP contribution in [-0.4, -0.2) is 12.2 Å². The zero-order valence-corrected chi connectivity index (χ0v) is 12.0. The maximum atomic E-state index is 6.05. The van der Waals surface area contributed by atoms with Crippen molar-refractivity contribution in [2.75, 3.05) is 6.61 Å². The van der Waals surface area contributed by atoms with Gasteiger partial charge in [0.25, 0.3) is 0 Å². The Morgan fingerprint density at radius 3 is 2.06 bits per heavy atom. The van der Waals surface area contributed by atoms with Crippen LogP contribution in [0.15, 0.2) is 29.2 Å². The molecule has 18 heavy (non-hydrogen) atoms. The van der Waals surface area contributed by atoms with Gasteiger partial charge in [-0.1, -0.05) is 12.1 Å². The number of fused-ring (bicyclic) bond motifs is 3. The molecular weight excluding hydrogens is 240 g/mol. The lowest BCUT2D eigenvalue weighted by atomic mass is 9.56. The molecule has 0 atom stereocenters. The lowest BCUT2D eigenvalue weighted by Crippen LogP contribution is -2.49. The fourth-order valence-corrected chi connectivity index (χ4v) is 4.07. The van der Waals surface area contributed by atoms with Gasteiger partial charge in [-0.25, -0.2) is 0 Å². The molecule has 1 aromatic carbocycles. The highest BCUT2D eigenvalue weighted by atomic mass is 32.1. The summed E-state index contributed by atoms with van der Waals surface area (Å²) in [5.41, 5.74) is 2.17. The molecule has 1 aromatic rings. The van der Waals surface area contributed by atoms with E-state index in [0.717, 1.165) is 11.5 Å². The normalized spacial score (nSPS) is 34.8. The van der Waals surface area contributed by atoms with Crippen LogP contribution < -0.4 is 0 Å². The van der Waals surface area contributed by atoms with Crippen molar-refractivity contribution in [3.63, 3.8) is 0 Å². The van der Waals surface area contributed by atoms with Crippen molar-refractivity contribution < 1.29 is 4.74 Å². The van der Waals surface area contributed by atoms with Crippen molar-refractivity contribution in [1.82, 2.24) is 0 Å². The summed E-state index contributed by atoms with van der Waals surface area (Å²) in [5, 5.41) is 0. The van der Waals surface area contributed by atoms with Crippen LogP contribution in [0, 0.1) is 0 Å². The third kappa shape index (κ3) is 2.00. The molecule has 0 amide bonds. The minimum absolute atomic E-state index is 0.222. The standard InChI is InChI=1S/C16H22OS/c1-2-17-16-10-7-15(8-11-16,9-12-16)13-3-5-14(18)6-4-13/h3-6,18H,2,7-12H2,1H3. The summed E-state index contributed by atoms with van der Waals surface area (Å²) in [6, 6.07) is 8.82. The predicted octanol–water partition coefficient (Wildman–Crippen LogP) is 4.36. The molecule has 1 nitrogen and oxygen atoms in total. The lowest BCUT2D eigenvalue weighted by Gasteiger charge is -2.53. The average molecular weight is 262 g/mol. The molecule has 0 aromatic heterocycles. The Bertz CT molecular complexity index is 399. The van der Waals surface area contributed by atoms with Gasteiger partial charge in [-0.2, -0.15) is 0 Å². The van der Waals surface area contributed by atoms with Gasteiger partial charge in [-0.3, -0.25) is 0 Å². The number of thiol groups is 1. The molecule has 3 aliphatic rings. The SMILES string of the molecule is CCOC12CCC(c3ccc(S)cc3)(CC1)CC2. The van der Waals surface area contributed by atoms with Crippen molar-refractivity contribution in [1.29, 1.82) is 0 Å². The van der Waals surface area contributed by atoms with E-state index in [-0.39, 0.29) is 5.60 Å². The maximum Gasteiger partial charge on any atom is 0.0683 e. The lowest BCUT2D eigenvalue weighted by molar-refractivity contribution is -0.114. The molecule has 2 heteroatoms. The molecule has 98 valence electrons. The summed E-state index contributed by atoms with van der Waals surface area (Å²) in [5.74, 6) is 0. The van der Waals surface area contributed by atoms with Crippen LogP contribution in [0.5, 0.6) is 0 Å². The monoisotopic (exact) mass is 262 g/mol. The van der Waals surface area contributed by atoms with Crippen LogP contribution in [0.1, 0.15) is 51.0 Å². The third-order valence-corrected chi connectivity index (χ3v) is 5.41. The number of ether oxygens (including phenoxy) is 1. The second kappa shape index (κ2) is 4.57. The van der Waals surface area contributed by atoms with Crippen LogP contribution >= 0.6 is 12.6 Å². The second-order valence-corrected chi connectivity index (χ2v) is 6.46. The van der Waals surface area contributed by atoms with Crippen molar-refractivity contribution >= 4 is 12.6 Å². The summed E-state index contributed by atoms with van der Waals surface area (Å²) < 4.78 is 6.05. The Hall–Kier alpha value is -0.470. The fraction of sp³-hybridized carbons (Fsp3) is 0.625. The van der Waals surface area contributed by atoms with Gasteiger partial charge in [0.15, 0.2) is 0 Å². The van der Waals surface area contributed by atoms with Gasteiger partial charge < -0.3 is 4.74 Å². The maximum absolute atomic E-state index is 6.05. The largest absolute Gasteiger partial charge is 0.375 e. The molecule has 3 aliphatic carbocycles. The third-order valence-electron chi connectivity index (χ3n) is 5.11. The van der Waals surface area contributed by atoms with E-state index in [1.165, 1.54) is 44.1 Å². The summed E-state index contributed by atoms with van der Waals surface area (Å²) in [7, 11) is 0. The summed E-state index contributed by atoms with van der Waals surface area (Å²) in [6.07, 6.45) is 7.59. The molecule has 0 saturated heterocycles. The van der Waals surface area contributed by atoms with Gasteiger partial charge in [0.2, 0.25) is 0 Å². The Morgan fingerprint density at radius 2 is 1.56 bits per heavy atom. The van der Waals surface area contributed by atoms with Crippen LogP contribution in [0.4, 0.5) is 0 Å². The van der Waals surface area contributed by atoms with E-state index >= 15 is 0 Å². The minimum Gasteiger partial charge on any atom is -0.375 e. The molecule has 0 spiro atoms. The molecule has 3 fully saturated rings. The van der Waals surface area contributed by atoms with Gasteiger partial charge in [0.1, 0.15) is 0 Å². The Morgan fingerprint density at radius 1 is 1.00 bits per heavy atom. The molecule has 0 radical (unpaired) electrons. The van der Waals surface area contributed by atoms with E-state index in [9.17, 15) is 0 Å². The molecular formula is C16H22OS. The van der Waals surface area contributed by atoms with E-state index in [4.69, 9.17) is 4.74 Å². The van der Waals surface area contributed by atoms with E-state index < -0.39 is 0 Å². The molecule has 4 rings (SSSR count). The van der Waals surface area contributed by atoms with Crippen LogP contribution in [-0.2, 0) is 10.2 Å². The Kier molecular flexibility index (Phi) is 3.19. The zero-order chi connectivity index (χ0) is 12.6. The van der Waals surface area contributed by atoms with Gasteiger partial charge >= 0.3 is 0 Å². The van der Waals surface area contributed by atoms with Crippen molar-refractivity contribution in [3.8, 4) is 0 Å². The molecule has 0 N–H and O–H groups in total. The smallest absolute Gasteiger partial charge is 0.0683 e. The quantitative estimate of drug-likeness (QED) is 0.796. The van der Waals surface area contributed by atoms with E-state index in [1.54, 1.807) is 0 Å². The van der Waals surface area contributed by atoms with E-state index in [1.807, 2.05) is 0 Å². The van der Waals surface area contributed by atoms with Crippen molar-refractivity contribution in [2.45, 2.75) is 61.4 Å². The summed E-state index contributed by atoms with van der Waals surface area (Å²) in [4.78, 5) is 1.06. The second-order valence-electron chi connectivity index (χ2n) is 5.94. The van der Waals surface area contributed by atoms with Crippen LogP contribution in [0.2, 0.25) is 0 Å². The number of rotatable bonds is 3. The van der Waals surface area contributed by atoms with Crippen LogP contribution in [0.25, 0.3) is 0 Å². The average Bonchev–Trinajstić information content (AvgIpc) is 2.42. The number of hydrogen-bond acceptors (Lipinski definition) is 2. The van der Waals surface area contributed by atoms with Crippen molar-refractivity contribution in [2.24, 2.45) is 0 Å².